The highest BCUT2D eigenvalue weighted by molar-refractivity contribution is 8.00. The molecule has 0 bridgehead atoms. The highest BCUT2D eigenvalue weighted by Gasteiger charge is 2.33. The smallest absolute Gasteiger partial charge is 0.274 e. The van der Waals surface area contributed by atoms with Crippen molar-refractivity contribution in [3.8, 4) is 10.4 Å². The van der Waals surface area contributed by atoms with Crippen molar-refractivity contribution < 1.29 is 9.59 Å². The number of amides is 2. The molecule has 2 amide bonds. The van der Waals surface area contributed by atoms with Crippen LogP contribution in [-0.4, -0.2) is 55.7 Å². The summed E-state index contributed by atoms with van der Waals surface area (Å²) in [6.45, 7) is 6.80. The Kier molecular flexibility index (Phi) is 6.15. The zero-order valence-electron chi connectivity index (χ0n) is 18.0. The van der Waals surface area contributed by atoms with E-state index in [1.165, 1.54) is 11.3 Å². The molecular weight excluding hydrogens is 430 g/mol. The molecule has 1 fully saturated rings. The molecule has 3 heterocycles. The lowest BCUT2D eigenvalue weighted by atomic mass is 10.1. The highest BCUT2D eigenvalue weighted by atomic mass is 32.2. The number of nitrogens with one attached hydrogen (secondary N) is 1. The van der Waals surface area contributed by atoms with Crippen LogP contribution in [0, 0.1) is 20.8 Å². The molecule has 9 heteroatoms. The second kappa shape index (κ2) is 8.84. The fourth-order valence-corrected chi connectivity index (χ4v) is 5.77. The van der Waals surface area contributed by atoms with Gasteiger partial charge < -0.3 is 10.2 Å². The number of benzene rings is 1. The van der Waals surface area contributed by atoms with Crippen LogP contribution in [0.2, 0.25) is 0 Å². The van der Waals surface area contributed by atoms with Crippen LogP contribution in [0.5, 0.6) is 0 Å². The molecular formula is C22H25N5O2S2. The first kappa shape index (κ1) is 21.6. The maximum atomic E-state index is 13.5. The second-order valence-corrected chi connectivity index (χ2v) is 10.1. The Labute approximate surface area is 189 Å². The number of carbonyl (C=O) groups excluding carboxylic acids is 2. The Hall–Kier alpha value is -2.65. The first-order valence-corrected chi connectivity index (χ1v) is 12.0. The molecule has 31 heavy (non-hydrogen) atoms. The summed E-state index contributed by atoms with van der Waals surface area (Å²) in [7, 11) is 1.79. The Morgan fingerprint density at radius 2 is 2.06 bits per heavy atom. The molecule has 0 spiro atoms. The van der Waals surface area contributed by atoms with Gasteiger partial charge in [0, 0.05) is 32.1 Å². The lowest BCUT2D eigenvalue weighted by molar-refractivity contribution is 0.0747. The first-order chi connectivity index (χ1) is 14.8. The van der Waals surface area contributed by atoms with E-state index in [1.54, 1.807) is 29.7 Å². The summed E-state index contributed by atoms with van der Waals surface area (Å²) in [5.41, 5.74) is 3.89. The van der Waals surface area contributed by atoms with Crippen LogP contribution < -0.4 is 5.32 Å². The predicted molar refractivity (Wildman–Crippen MR) is 125 cm³/mol. The number of rotatable bonds is 5. The van der Waals surface area contributed by atoms with E-state index in [4.69, 9.17) is 0 Å². The third-order valence-electron chi connectivity index (χ3n) is 5.16. The number of nitrogens with zero attached hydrogens (tertiary/aromatic N) is 4. The third-order valence-corrected chi connectivity index (χ3v) is 7.41. The van der Waals surface area contributed by atoms with E-state index in [0.29, 0.717) is 30.0 Å². The van der Waals surface area contributed by atoms with Crippen LogP contribution >= 0.6 is 23.1 Å². The Balaban J connectivity index is 1.51. The van der Waals surface area contributed by atoms with E-state index < -0.39 is 0 Å². The minimum Gasteiger partial charge on any atom is -0.349 e. The average Bonchev–Trinajstić information content (AvgIpc) is 3.44. The number of thiazole rings is 1. The Morgan fingerprint density at radius 1 is 1.26 bits per heavy atom. The number of hydrogen-bond acceptors (Lipinski definition) is 6. The van der Waals surface area contributed by atoms with Crippen molar-refractivity contribution in [2.45, 2.75) is 26.1 Å². The lowest BCUT2D eigenvalue weighted by Gasteiger charge is -2.23. The van der Waals surface area contributed by atoms with Gasteiger partial charge in [-0.15, -0.1) is 23.1 Å². The number of thioether (sulfide) groups is 1. The molecule has 0 saturated carbocycles. The van der Waals surface area contributed by atoms with E-state index in [2.05, 4.69) is 21.5 Å². The predicted octanol–water partition coefficient (Wildman–Crippen LogP) is 3.41. The minimum atomic E-state index is -0.171. The lowest BCUT2D eigenvalue weighted by Crippen LogP contribution is -2.42. The average molecular weight is 456 g/mol. The topological polar surface area (TPSA) is 80.1 Å². The zero-order valence-corrected chi connectivity index (χ0v) is 19.6. The summed E-state index contributed by atoms with van der Waals surface area (Å²) >= 11 is 3.22. The molecule has 1 aromatic carbocycles. The summed E-state index contributed by atoms with van der Waals surface area (Å²) in [4.78, 5) is 33.3. The highest BCUT2D eigenvalue weighted by Crippen LogP contribution is 2.33. The van der Waals surface area contributed by atoms with Crippen molar-refractivity contribution in [3.63, 3.8) is 0 Å². The van der Waals surface area contributed by atoms with Crippen LogP contribution in [0.15, 0.2) is 30.5 Å². The Morgan fingerprint density at radius 3 is 2.77 bits per heavy atom. The zero-order chi connectivity index (χ0) is 22.1. The van der Waals surface area contributed by atoms with Gasteiger partial charge in [-0.3, -0.25) is 14.3 Å². The molecule has 1 unspecified atom stereocenters. The molecule has 7 nitrogen and oxygen atoms in total. The maximum absolute atomic E-state index is 13.5. The standard InChI is InChI=1S/C22H25N5O2S2/c1-13-6-5-7-16(10-13)20-19(24-15(3)31-20)22(29)27-8-9-30-18(27)11-23-21(28)17-12-26(4)25-14(17)2/h5-7,10,12,18H,8-9,11H2,1-4H3,(H,23,28). The van der Waals surface area contributed by atoms with E-state index >= 15 is 0 Å². The number of hydrogen-bond donors (Lipinski definition) is 1. The van der Waals surface area contributed by atoms with Gasteiger partial charge in [0.15, 0.2) is 0 Å². The summed E-state index contributed by atoms with van der Waals surface area (Å²) in [6.07, 6.45) is 1.71. The van der Waals surface area contributed by atoms with Gasteiger partial charge in [0.25, 0.3) is 11.8 Å². The first-order valence-electron chi connectivity index (χ1n) is 10.1. The Bertz CT molecular complexity index is 1140. The molecule has 1 N–H and O–H groups in total. The molecule has 162 valence electrons. The van der Waals surface area contributed by atoms with Crippen molar-refractivity contribution >= 4 is 34.9 Å². The van der Waals surface area contributed by atoms with Gasteiger partial charge >= 0.3 is 0 Å². The van der Waals surface area contributed by atoms with Crippen LogP contribution in [0.4, 0.5) is 0 Å². The SMILES string of the molecule is Cc1cccc(-c2sc(C)nc2C(=O)N2CCSC2CNC(=O)c2cn(C)nc2C)c1. The summed E-state index contributed by atoms with van der Waals surface area (Å²) in [6, 6.07) is 8.14. The van der Waals surface area contributed by atoms with E-state index in [1.807, 2.05) is 43.9 Å². The molecule has 1 atom stereocenters. The van der Waals surface area contributed by atoms with E-state index in [-0.39, 0.29) is 17.2 Å². The van der Waals surface area contributed by atoms with Gasteiger partial charge in [-0.2, -0.15) is 5.10 Å². The minimum absolute atomic E-state index is 0.0809. The van der Waals surface area contributed by atoms with Gasteiger partial charge in [-0.1, -0.05) is 29.8 Å². The van der Waals surface area contributed by atoms with E-state index in [9.17, 15) is 9.59 Å². The molecule has 0 radical (unpaired) electrons. The molecule has 3 aromatic rings. The van der Waals surface area contributed by atoms with E-state index in [0.717, 1.165) is 26.8 Å². The second-order valence-electron chi connectivity index (χ2n) is 7.62. The fraction of sp³-hybridized carbons (Fsp3) is 0.364. The van der Waals surface area contributed by atoms with Crippen LogP contribution in [0.1, 0.15) is 37.1 Å². The van der Waals surface area contributed by atoms with Crippen molar-refractivity contribution in [1.29, 1.82) is 0 Å². The number of aromatic nitrogens is 3. The number of aryl methyl sites for hydroxylation is 4. The molecule has 2 aromatic heterocycles. The summed E-state index contributed by atoms with van der Waals surface area (Å²) < 4.78 is 1.63. The van der Waals surface area contributed by atoms with Crippen LogP contribution in [-0.2, 0) is 7.05 Å². The largest absolute Gasteiger partial charge is 0.349 e. The fourth-order valence-electron chi connectivity index (χ4n) is 3.71. The van der Waals surface area contributed by atoms with Crippen molar-refractivity contribution in [1.82, 2.24) is 25.0 Å². The quantitative estimate of drug-likeness (QED) is 0.638. The molecule has 4 rings (SSSR count). The van der Waals surface area contributed by atoms with Gasteiger partial charge in [-0.05, 0) is 26.3 Å². The van der Waals surface area contributed by atoms with Crippen LogP contribution in [0.3, 0.4) is 0 Å². The van der Waals surface area contributed by atoms with Crippen molar-refractivity contribution in [2.24, 2.45) is 7.05 Å². The normalized spacial score (nSPS) is 16.0. The van der Waals surface area contributed by atoms with Crippen LogP contribution in [0.25, 0.3) is 10.4 Å². The van der Waals surface area contributed by atoms with Crippen molar-refractivity contribution in [2.75, 3.05) is 18.8 Å². The van der Waals surface area contributed by atoms with Gasteiger partial charge in [0.2, 0.25) is 0 Å². The summed E-state index contributed by atoms with van der Waals surface area (Å²) in [5.74, 6) is 0.583. The summed E-state index contributed by atoms with van der Waals surface area (Å²) in [5, 5.41) is 7.93. The van der Waals surface area contributed by atoms with Gasteiger partial charge in [0.1, 0.15) is 5.69 Å². The molecule has 0 aliphatic carbocycles. The maximum Gasteiger partial charge on any atom is 0.274 e. The van der Waals surface area contributed by atoms with Gasteiger partial charge in [0.05, 0.1) is 26.5 Å². The molecule has 1 aliphatic rings. The molecule has 1 aliphatic heterocycles. The van der Waals surface area contributed by atoms with Crippen molar-refractivity contribution in [3.05, 3.63) is 58.0 Å². The molecule has 1 saturated heterocycles. The van der Waals surface area contributed by atoms with Gasteiger partial charge in [-0.25, -0.2) is 4.98 Å². The third kappa shape index (κ3) is 4.52. The monoisotopic (exact) mass is 455 g/mol. The number of carbonyl (C=O) groups is 2.